The van der Waals surface area contributed by atoms with E-state index in [1.807, 2.05) is 20.2 Å². The predicted octanol–water partition coefficient (Wildman–Crippen LogP) is 3.07. The van der Waals surface area contributed by atoms with Crippen LogP contribution in [0.2, 0.25) is 0 Å². The quantitative estimate of drug-likeness (QED) is 0.798. The molecule has 1 N–H and O–H groups in total. The maximum absolute atomic E-state index is 9.36. The molecule has 0 saturated heterocycles. The van der Waals surface area contributed by atoms with Gasteiger partial charge in [0.2, 0.25) is 0 Å². The molecule has 0 radical (unpaired) electrons. The maximum atomic E-state index is 9.36. The third-order valence-electron chi connectivity index (χ3n) is 2.97. The molecular weight excluding hydrogens is 186 g/mol. The van der Waals surface area contributed by atoms with E-state index in [0.29, 0.717) is 11.7 Å². The lowest BCUT2D eigenvalue weighted by Gasteiger charge is -2.15. The summed E-state index contributed by atoms with van der Waals surface area (Å²) in [6.07, 6.45) is 3.68. The molecule has 1 aromatic carbocycles. The Bertz CT molecular complexity index is 365. The maximum Gasteiger partial charge on any atom is 0.0889 e. The van der Waals surface area contributed by atoms with Crippen molar-refractivity contribution in [2.45, 2.75) is 18.8 Å². The van der Waals surface area contributed by atoms with Gasteiger partial charge in [0.1, 0.15) is 0 Å². The third kappa shape index (κ3) is 2.14. The van der Waals surface area contributed by atoms with Crippen LogP contribution in [0.1, 0.15) is 24.3 Å². The van der Waals surface area contributed by atoms with Gasteiger partial charge in [-0.05, 0) is 36.1 Å². The fourth-order valence-corrected chi connectivity index (χ4v) is 2.00. The third-order valence-corrected chi connectivity index (χ3v) is 2.97. The highest BCUT2D eigenvalue weighted by atomic mass is 16.3. The summed E-state index contributed by atoms with van der Waals surface area (Å²) in [5, 5.41) is 9.36. The Morgan fingerprint density at radius 1 is 1.20 bits per heavy atom. The van der Waals surface area contributed by atoms with E-state index >= 15 is 0 Å². The van der Waals surface area contributed by atoms with Crippen LogP contribution in [0.5, 0.6) is 0 Å². The molecule has 0 bridgehead atoms. The molecule has 0 saturated carbocycles. The van der Waals surface area contributed by atoms with E-state index in [9.17, 15) is 5.11 Å². The molecule has 1 unspecified atom stereocenters. The summed E-state index contributed by atoms with van der Waals surface area (Å²) in [6.45, 7) is 0. The fraction of sp³-hybridized carbons (Fsp3) is 0.385. The van der Waals surface area contributed by atoms with E-state index in [4.69, 9.17) is 0 Å². The monoisotopic (exact) mass is 203 g/mol. The summed E-state index contributed by atoms with van der Waals surface area (Å²) in [7, 11) is 4.08. The van der Waals surface area contributed by atoms with Crippen LogP contribution in [-0.2, 0) is 0 Å². The van der Waals surface area contributed by atoms with Crippen molar-refractivity contribution < 1.29 is 5.11 Å². The Kier molecular flexibility index (Phi) is 2.67. The zero-order valence-electron chi connectivity index (χ0n) is 9.27. The van der Waals surface area contributed by atoms with Crippen molar-refractivity contribution in [3.05, 3.63) is 41.7 Å². The van der Waals surface area contributed by atoms with Gasteiger partial charge in [-0.15, -0.1) is 0 Å². The number of hydrogen-bond acceptors (Lipinski definition) is 2. The van der Waals surface area contributed by atoms with Crippen molar-refractivity contribution >= 4 is 5.69 Å². The molecule has 0 spiro atoms. The Balaban J connectivity index is 2.11. The first kappa shape index (κ1) is 10.1. The average Bonchev–Trinajstić information content (AvgIpc) is 2.65. The van der Waals surface area contributed by atoms with Crippen molar-refractivity contribution in [1.82, 2.24) is 0 Å². The summed E-state index contributed by atoms with van der Waals surface area (Å²) in [5.74, 6) is 1.01. The zero-order valence-corrected chi connectivity index (χ0v) is 9.27. The lowest BCUT2D eigenvalue weighted by Crippen LogP contribution is -2.08. The molecule has 15 heavy (non-hydrogen) atoms. The summed E-state index contributed by atoms with van der Waals surface area (Å²) in [5.41, 5.74) is 2.54. The zero-order chi connectivity index (χ0) is 10.8. The van der Waals surface area contributed by atoms with Gasteiger partial charge in [0.05, 0.1) is 5.76 Å². The second-order valence-corrected chi connectivity index (χ2v) is 4.32. The average molecular weight is 203 g/mol. The first-order valence-corrected chi connectivity index (χ1v) is 5.32. The Hall–Kier alpha value is -1.44. The minimum atomic E-state index is 0.473. The van der Waals surface area contributed by atoms with Crippen LogP contribution in [0, 0.1) is 0 Å². The smallest absolute Gasteiger partial charge is 0.0889 e. The highest BCUT2D eigenvalue weighted by Gasteiger charge is 2.17. The predicted molar refractivity (Wildman–Crippen MR) is 63.5 cm³/mol. The van der Waals surface area contributed by atoms with Crippen molar-refractivity contribution in [3.8, 4) is 0 Å². The van der Waals surface area contributed by atoms with Crippen LogP contribution >= 0.6 is 0 Å². The summed E-state index contributed by atoms with van der Waals surface area (Å²) in [4.78, 5) is 2.09. The normalized spacial score (nSPS) is 20.1. The van der Waals surface area contributed by atoms with E-state index in [1.165, 1.54) is 11.3 Å². The highest BCUT2D eigenvalue weighted by Crippen LogP contribution is 2.33. The standard InChI is InChI=1S/C13H17NO/c1-14(2)12-6-3-10(4-7-12)11-5-8-13(15)9-11/h3-4,6-8,11,15H,5,9H2,1-2H3. The number of benzene rings is 1. The molecular formula is C13H17NO. The molecule has 80 valence electrons. The van der Waals surface area contributed by atoms with Gasteiger partial charge in [0.25, 0.3) is 0 Å². The van der Waals surface area contributed by atoms with E-state index in [1.54, 1.807) is 0 Å². The number of nitrogens with zero attached hydrogens (tertiary/aromatic N) is 1. The van der Waals surface area contributed by atoms with Crippen molar-refractivity contribution in [2.24, 2.45) is 0 Å². The molecule has 0 amide bonds. The van der Waals surface area contributed by atoms with E-state index in [0.717, 1.165) is 12.8 Å². The largest absolute Gasteiger partial charge is 0.513 e. The van der Waals surface area contributed by atoms with Crippen LogP contribution in [0.15, 0.2) is 36.1 Å². The van der Waals surface area contributed by atoms with Crippen molar-refractivity contribution in [1.29, 1.82) is 0 Å². The van der Waals surface area contributed by atoms with Gasteiger partial charge in [-0.1, -0.05) is 12.1 Å². The SMILES string of the molecule is CN(C)c1ccc(C2CC=C(O)C2)cc1. The second-order valence-electron chi connectivity index (χ2n) is 4.32. The van der Waals surface area contributed by atoms with Crippen LogP contribution < -0.4 is 4.90 Å². The molecule has 1 aliphatic carbocycles. The van der Waals surface area contributed by atoms with Gasteiger partial charge in [0, 0.05) is 26.2 Å². The van der Waals surface area contributed by atoms with Crippen LogP contribution in [0.4, 0.5) is 5.69 Å². The molecule has 0 aromatic heterocycles. The van der Waals surface area contributed by atoms with Crippen LogP contribution in [0.3, 0.4) is 0 Å². The van der Waals surface area contributed by atoms with Crippen molar-refractivity contribution in [3.63, 3.8) is 0 Å². The van der Waals surface area contributed by atoms with Crippen molar-refractivity contribution in [2.75, 3.05) is 19.0 Å². The number of hydrogen-bond donors (Lipinski definition) is 1. The molecule has 0 fully saturated rings. The first-order valence-electron chi connectivity index (χ1n) is 5.32. The van der Waals surface area contributed by atoms with Gasteiger partial charge >= 0.3 is 0 Å². The lowest BCUT2D eigenvalue weighted by atomic mass is 9.96. The molecule has 1 aliphatic rings. The molecule has 1 atom stereocenters. The van der Waals surface area contributed by atoms with E-state index in [2.05, 4.69) is 29.2 Å². The van der Waals surface area contributed by atoms with Crippen LogP contribution in [-0.4, -0.2) is 19.2 Å². The fourth-order valence-electron chi connectivity index (χ4n) is 2.00. The van der Waals surface area contributed by atoms with Gasteiger partial charge < -0.3 is 10.0 Å². The Labute approximate surface area is 90.8 Å². The number of anilines is 1. The van der Waals surface area contributed by atoms with Gasteiger partial charge in [-0.3, -0.25) is 0 Å². The molecule has 0 aliphatic heterocycles. The van der Waals surface area contributed by atoms with Gasteiger partial charge in [0.15, 0.2) is 0 Å². The minimum Gasteiger partial charge on any atom is -0.513 e. The molecule has 2 rings (SSSR count). The van der Waals surface area contributed by atoms with Gasteiger partial charge in [-0.25, -0.2) is 0 Å². The minimum absolute atomic E-state index is 0.473. The summed E-state index contributed by atoms with van der Waals surface area (Å²) in [6, 6.07) is 8.58. The molecule has 2 nitrogen and oxygen atoms in total. The number of allylic oxidation sites excluding steroid dienone is 2. The highest BCUT2D eigenvalue weighted by molar-refractivity contribution is 5.46. The topological polar surface area (TPSA) is 23.5 Å². The number of aliphatic hydroxyl groups excluding tert-OH is 1. The molecule has 0 heterocycles. The summed E-state index contributed by atoms with van der Waals surface area (Å²) >= 11 is 0. The molecule has 2 heteroatoms. The molecule has 1 aromatic rings. The number of rotatable bonds is 2. The summed E-state index contributed by atoms with van der Waals surface area (Å²) < 4.78 is 0. The lowest BCUT2D eigenvalue weighted by molar-refractivity contribution is 0.391. The van der Waals surface area contributed by atoms with Gasteiger partial charge in [-0.2, -0.15) is 0 Å². The first-order chi connectivity index (χ1) is 7.16. The van der Waals surface area contributed by atoms with Crippen LogP contribution in [0.25, 0.3) is 0 Å². The second kappa shape index (κ2) is 3.97. The van der Waals surface area contributed by atoms with E-state index < -0.39 is 0 Å². The van der Waals surface area contributed by atoms with E-state index in [-0.39, 0.29) is 0 Å². The Morgan fingerprint density at radius 3 is 2.33 bits per heavy atom. The Morgan fingerprint density at radius 2 is 1.87 bits per heavy atom. The number of aliphatic hydroxyl groups is 1.